The SMILES string of the molecule is O=C(Cc1coc(-c2ccccc2)n1)OCC(=O)c1ccc(F)c(F)c1. The third-order valence-corrected chi connectivity index (χ3v) is 3.50. The molecule has 5 nitrogen and oxygen atoms in total. The number of aromatic nitrogens is 1. The largest absolute Gasteiger partial charge is 0.457 e. The molecule has 0 aliphatic rings. The quantitative estimate of drug-likeness (QED) is 0.498. The van der Waals surface area contributed by atoms with E-state index >= 15 is 0 Å². The summed E-state index contributed by atoms with van der Waals surface area (Å²) in [6, 6.07) is 11.9. The highest BCUT2D eigenvalue weighted by atomic mass is 19.2. The van der Waals surface area contributed by atoms with Gasteiger partial charge in [-0.3, -0.25) is 9.59 Å². The molecule has 1 heterocycles. The molecule has 0 radical (unpaired) electrons. The Morgan fingerprint density at radius 3 is 2.54 bits per heavy atom. The van der Waals surface area contributed by atoms with Gasteiger partial charge in [-0.1, -0.05) is 18.2 Å². The first-order valence-corrected chi connectivity index (χ1v) is 7.66. The number of benzene rings is 2. The number of Topliss-reactive ketones (excluding diaryl/α,β-unsaturated/α-hetero) is 1. The predicted molar refractivity (Wildman–Crippen MR) is 87.3 cm³/mol. The lowest BCUT2D eigenvalue weighted by molar-refractivity contribution is -0.141. The molecule has 0 bridgehead atoms. The number of ether oxygens (including phenoxy) is 1. The highest BCUT2D eigenvalue weighted by molar-refractivity contribution is 5.98. The van der Waals surface area contributed by atoms with Gasteiger partial charge in [-0.25, -0.2) is 13.8 Å². The van der Waals surface area contributed by atoms with E-state index in [1.54, 1.807) is 0 Å². The molecule has 132 valence electrons. The van der Waals surface area contributed by atoms with Crippen molar-refractivity contribution in [3.05, 3.63) is 77.7 Å². The lowest BCUT2D eigenvalue weighted by atomic mass is 10.1. The molecule has 0 saturated carbocycles. The number of carbonyl (C=O) groups is 2. The molecule has 0 saturated heterocycles. The second kappa shape index (κ2) is 7.69. The van der Waals surface area contributed by atoms with Crippen LogP contribution in [0.1, 0.15) is 16.1 Å². The second-order valence-electron chi connectivity index (χ2n) is 5.40. The number of hydrogen-bond acceptors (Lipinski definition) is 5. The van der Waals surface area contributed by atoms with Crippen molar-refractivity contribution in [2.45, 2.75) is 6.42 Å². The Morgan fingerprint density at radius 1 is 1.04 bits per heavy atom. The van der Waals surface area contributed by atoms with Crippen LogP contribution >= 0.6 is 0 Å². The first-order valence-electron chi connectivity index (χ1n) is 7.66. The maximum absolute atomic E-state index is 13.1. The lowest BCUT2D eigenvalue weighted by Crippen LogP contribution is -2.16. The van der Waals surface area contributed by atoms with Gasteiger partial charge in [0.2, 0.25) is 5.89 Å². The smallest absolute Gasteiger partial charge is 0.312 e. The van der Waals surface area contributed by atoms with Gasteiger partial charge >= 0.3 is 5.97 Å². The third-order valence-electron chi connectivity index (χ3n) is 3.50. The van der Waals surface area contributed by atoms with E-state index < -0.39 is 30.0 Å². The third kappa shape index (κ3) is 4.18. The lowest BCUT2D eigenvalue weighted by Gasteiger charge is -2.03. The minimum atomic E-state index is -1.14. The Hall–Kier alpha value is -3.35. The van der Waals surface area contributed by atoms with Crippen LogP contribution in [0, 0.1) is 11.6 Å². The van der Waals surface area contributed by atoms with Crippen molar-refractivity contribution in [2.75, 3.05) is 6.61 Å². The summed E-state index contributed by atoms with van der Waals surface area (Å²) in [5.41, 5.74) is 1.04. The van der Waals surface area contributed by atoms with E-state index in [2.05, 4.69) is 4.98 Å². The highest BCUT2D eigenvalue weighted by Gasteiger charge is 2.15. The Labute approximate surface area is 147 Å². The van der Waals surface area contributed by atoms with Crippen molar-refractivity contribution in [3.8, 4) is 11.5 Å². The molecule has 0 fully saturated rings. The van der Waals surface area contributed by atoms with Gasteiger partial charge in [0.1, 0.15) is 6.26 Å². The van der Waals surface area contributed by atoms with Crippen LogP contribution in [0.25, 0.3) is 11.5 Å². The van der Waals surface area contributed by atoms with Crippen molar-refractivity contribution in [1.29, 1.82) is 0 Å². The summed E-state index contributed by atoms with van der Waals surface area (Å²) in [4.78, 5) is 27.9. The van der Waals surface area contributed by atoms with Gasteiger partial charge in [-0.05, 0) is 30.3 Å². The van der Waals surface area contributed by atoms with E-state index in [9.17, 15) is 18.4 Å². The van der Waals surface area contributed by atoms with E-state index in [0.717, 1.165) is 23.8 Å². The molecule has 0 unspecified atom stereocenters. The van der Waals surface area contributed by atoms with Crippen molar-refractivity contribution < 1.29 is 27.5 Å². The van der Waals surface area contributed by atoms with Gasteiger partial charge in [0, 0.05) is 11.1 Å². The average Bonchev–Trinajstić information content (AvgIpc) is 3.11. The molecule has 2 aromatic carbocycles. The molecular weight excluding hydrogens is 344 g/mol. The highest BCUT2D eigenvalue weighted by Crippen LogP contribution is 2.18. The number of nitrogens with zero attached hydrogens (tertiary/aromatic N) is 1. The minimum Gasteiger partial charge on any atom is -0.457 e. The fourth-order valence-electron chi connectivity index (χ4n) is 2.20. The maximum atomic E-state index is 13.1. The van der Waals surface area contributed by atoms with Gasteiger partial charge in [0.05, 0.1) is 12.1 Å². The number of ketones is 1. The molecule has 3 rings (SSSR count). The monoisotopic (exact) mass is 357 g/mol. The number of esters is 1. The molecule has 0 N–H and O–H groups in total. The fraction of sp³-hybridized carbons (Fsp3) is 0.105. The average molecular weight is 357 g/mol. The summed E-state index contributed by atoms with van der Waals surface area (Å²) >= 11 is 0. The zero-order valence-electron chi connectivity index (χ0n) is 13.4. The zero-order chi connectivity index (χ0) is 18.5. The number of oxazole rings is 1. The molecule has 7 heteroatoms. The molecule has 26 heavy (non-hydrogen) atoms. The van der Waals surface area contributed by atoms with Gasteiger partial charge in [0.15, 0.2) is 24.0 Å². The Morgan fingerprint density at radius 2 is 1.81 bits per heavy atom. The van der Waals surface area contributed by atoms with Crippen LogP contribution in [-0.4, -0.2) is 23.3 Å². The van der Waals surface area contributed by atoms with Crippen LogP contribution in [0.4, 0.5) is 8.78 Å². The summed E-state index contributed by atoms with van der Waals surface area (Å²) in [6.45, 7) is -0.576. The van der Waals surface area contributed by atoms with Crippen LogP contribution in [0.2, 0.25) is 0 Å². The van der Waals surface area contributed by atoms with Gasteiger partial charge < -0.3 is 9.15 Å². The molecule has 0 atom stereocenters. The van der Waals surface area contributed by atoms with E-state index in [1.807, 2.05) is 30.3 Å². The van der Waals surface area contributed by atoms with E-state index in [0.29, 0.717) is 11.6 Å². The van der Waals surface area contributed by atoms with Crippen LogP contribution < -0.4 is 0 Å². The fourth-order valence-corrected chi connectivity index (χ4v) is 2.20. The molecule has 3 aromatic rings. The number of hydrogen-bond donors (Lipinski definition) is 0. The topological polar surface area (TPSA) is 69.4 Å². The summed E-state index contributed by atoms with van der Waals surface area (Å²) < 4.78 is 36.1. The molecule has 1 aromatic heterocycles. The first kappa shape index (κ1) is 17.5. The van der Waals surface area contributed by atoms with Crippen LogP contribution in [0.15, 0.2) is 59.2 Å². The number of carbonyl (C=O) groups excluding carboxylic acids is 2. The normalized spacial score (nSPS) is 10.5. The molecule has 0 spiro atoms. The standard InChI is InChI=1S/C19H13F2NO4/c20-15-7-6-13(8-16(15)21)17(23)11-25-18(24)9-14-10-26-19(22-14)12-4-2-1-3-5-12/h1-8,10H,9,11H2. The van der Waals surface area contributed by atoms with Crippen molar-refractivity contribution in [1.82, 2.24) is 4.98 Å². The predicted octanol–water partition coefficient (Wildman–Crippen LogP) is 3.59. The molecular formula is C19H13F2NO4. The first-order chi connectivity index (χ1) is 12.5. The van der Waals surface area contributed by atoms with Gasteiger partial charge in [-0.15, -0.1) is 0 Å². The van der Waals surface area contributed by atoms with Crippen LogP contribution in [-0.2, 0) is 16.0 Å². The molecule has 0 amide bonds. The van der Waals surface area contributed by atoms with E-state index in [-0.39, 0.29) is 12.0 Å². The van der Waals surface area contributed by atoms with Crippen LogP contribution in [0.5, 0.6) is 0 Å². The van der Waals surface area contributed by atoms with Gasteiger partial charge in [0.25, 0.3) is 0 Å². The van der Waals surface area contributed by atoms with E-state index in [1.165, 1.54) is 6.26 Å². The maximum Gasteiger partial charge on any atom is 0.312 e. The van der Waals surface area contributed by atoms with Crippen molar-refractivity contribution in [3.63, 3.8) is 0 Å². The Bertz CT molecular complexity index is 938. The summed E-state index contributed by atoms with van der Waals surface area (Å²) in [6.07, 6.45) is 1.15. The molecule has 0 aliphatic heterocycles. The molecule has 0 aliphatic carbocycles. The number of halogens is 2. The zero-order valence-corrected chi connectivity index (χ0v) is 13.4. The van der Waals surface area contributed by atoms with E-state index in [4.69, 9.17) is 9.15 Å². The minimum absolute atomic E-state index is 0.0792. The summed E-state index contributed by atoms with van der Waals surface area (Å²) in [7, 11) is 0. The van der Waals surface area contributed by atoms with Crippen LogP contribution in [0.3, 0.4) is 0 Å². The Balaban J connectivity index is 1.55. The summed E-state index contributed by atoms with van der Waals surface area (Å²) in [5, 5.41) is 0. The summed E-state index contributed by atoms with van der Waals surface area (Å²) in [5.74, 6) is -3.15. The second-order valence-corrected chi connectivity index (χ2v) is 5.40. The van der Waals surface area contributed by atoms with Crippen molar-refractivity contribution >= 4 is 11.8 Å². The Kier molecular flexibility index (Phi) is 5.17. The van der Waals surface area contributed by atoms with Gasteiger partial charge in [-0.2, -0.15) is 0 Å². The van der Waals surface area contributed by atoms with Crippen molar-refractivity contribution in [2.24, 2.45) is 0 Å². The number of rotatable bonds is 6.